The average molecular weight is 314 g/mol. The van der Waals surface area contributed by atoms with Crippen LogP contribution in [0, 0.1) is 0 Å². The highest BCUT2D eigenvalue weighted by molar-refractivity contribution is 7.89. The van der Waals surface area contributed by atoms with Gasteiger partial charge in [-0.3, -0.25) is 0 Å². The summed E-state index contributed by atoms with van der Waals surface area (Å²) in [7, 11) is -3.61. The van der Waals surface area contributed by atoms with Crippen molar-refractivity contribution in [3.8, 4) is 0 Å². The van der Waals surface area contributed by atoms with Crippen molar-refractivity contribution in [1.29, 1.82) is 0 Å². The lowest BCUT2D eigenvalue weighted by Gasteiger charge is -2.23. The number of aromatic nitrogens is 1. The third-order valence-electron chi connectivity index (χ3n) is 3.51. The zero-order valence-corrected chi connectivity index (χ0v) is 13.9. The van der Waals surface area contributed by atoms with Crippen LogP contribution < -0.4 is 5.73 Å². The topological polar surface area (TPSA) is 79.5 Å². The number of nitrogens with zero attached hydrogens (tertiary/aromatic N) is 3. The first-order valence-electron chi connectivity index (χ1n) is 7.40. The van der Waals surface area contributed by atoms with Crippen LogP contribution in [0.25, 0.3) is 0 Å². The lowest BCUT2D eigenvalue weighted by Crippen LogP contribution is -2.35. The largest absolute Gasteiger partial charge is 0.396 e. The Labute approximate surface area is 128 Å². The summed E-state index contributed by atoms with van der Waals surface area (Å²) in [5.41, 5.74) is 5.94. The van der Waals surface area contributed by atoms with Crippen LogP contribution in [0.2, 0.25) is 0 Å². The summed E-state index contributed by atoms with van der Waals surface area (Å²) in [6, 6.07) is 3.19. The minimum Gasteiger partial charge on any atom is -0.396 e. The Morgan fingerprint density at radius 1 is 1.14 bits per heavy atom. The van der Waals surface area contributed by atoms with E-state index in [1.807, 2.05) is 6.92 Å². The monoisotopic (exact) mass is 314 g/mol. The van der Waals surface area contributed by atoms with Crippen molar-refractivity contribution in [2.45, 2.75) is 32.2 Å². The van der Waals surface area contributed by atoms with Crippen LogP contribution in [-0.2, 0) is 10.0 Å². The molecule has 0 amide bonds. The summed E-state index contributed by atoms with van der Waals surface area (Å²) in [4.78, 5) is 6.20. The SMILES string of the molecule is CCN(CC)CCCN(CC)S(=O)(=O)c1ncccc1N. The highest BCUT2D eigenvalue weighted by Gasteiger charge is 2.26. The van der Waals surface area contributed by atoms with Gasteiger partial charge in [-0.25, -0.2) is 13.4 Å². The molecular formula is C14H26N4O2S. The predicted molar refractivity (Wildman–Crippen MR) is 85.5 cm³/mol. The molecule has 0 unspecified atom stereocenters. The van der Waals surface area contributed by atoms with Crippen LogP contribution in [-0.4, -0.2) is 55.3 Å². The molecule has 2 N–H and O–H groups in total. The molecule has 0 aromatic carbocycles. The van der Waals surface area contributed by atoms with E-state index in [-0.39, 0.29) is 10.7 Å². The van der Waals surface area contributed by atoms with Gasteiger partial charge in [0.1, 0.15) is 0 Å². The second kappa shape index (κ2) is 8.31. The Kier molecular flexibility index (Phi) is 7.07. The van der Waals surface area contributed by atoms with Crippen molar-refractivity contribution >= 4 is 15.7 Å². The van der Waals surface area contributed by atoms with E-state index in [1.165, 1.54) is 10.5 Å². The van der Waals surface area contributed by atoms with Crippen molar-refractivity contribution in [1.82, 2.24) is 14.2 Å². The van der Waals surface area contributed by atoms with Crippen molar-refractivity contribution in [2.75, 3.05) is 38.5 Å². The molecule has 6 nitrogen and oxygen atoms in total. The van der Waals surface area contributed by atoms with Gasteiger partial charge in [0, 0.05) is 19.3 Å². The molecule has 120 valence electrons. The lowest BCUT2D eigenvalue weighted by molar-refractivity contribution is 0.285. The van der Waals surface area contributed by atoms with E-state index in [0.717, 1.165) is 26.1 Å². The first-order chi connectivity index (χ1) is 9.97. The molecule has 1 aromatic rings. The molecule has 0 saturated carbocycles. The summed E-state index contributed by atoms with van der Waals surface area (Å²) in [5, 5.41) is -0.0466. The Morgan fingerprint density at radius 2 is 1.81 bits per heavy atom. The minimum absolute atomic E-state index is 0.0466. The molecule has 1 aromatic heterocycles. The van der Waals surface area contributed by atoms with Crippen LogP contribution in [0.3, 0.4) is 0 Å². The van der Waals surface area contributed by atoms with Crippen molar-refractivity contribution in [3.63, 3.8) is 0 Å². The van der Waals surface area contributed by atoms with Crippen LogP contribution in [0.15, 0.2) is 23.4 Å². The number of hydrogen-bond donors (Lipinski definition) is 1. The standard InChI is InChI=1S/C14H26N4O2S/c1-4-17(5-2)11-8-12-18(6-3)21(19,20)14-13(15)9-7-10-16-14/h7,9-10H,4-6,8,11-12,15H2,1-3H3. The van der Waals surface area contributed by atoms with Crippen LogP contribution >= 0.6 is 0 Å². The van der Waals surface area contributed by atoms with Gasteiger partial charge in [-0.2, -0.15) is 4.31 Å². The predicted octanol–water partition coefficient (Wildman–Crippen LogP) is 1.41. The van der Waals surface area contributed by atoms with E-state index in [4.69, 9.17) is 5.73 Å². The molecule has 0 atom stereocenters. The molecule has 0 saturated heterocycles. The van der Waals surface area contributed by atoms with Crippen molar-refractivity contribution in [2.24, 2.45) is 0 Å². The maximum Gasteiger partial charge on any atom is 0.262 e. The Morgan fingerprint density at radius 3 is 2.33 bits per heavy atom. The molecular weight excluding hydrogens is 288 g/mol. The highest BCUT2D eigenvalue weighted by Crippen LogP contribution is 2.19. The summed E-state index contributed by atoms with van der Waals surface area (Å²) in [6.45, 7) is 9.76. The Bertz CT molecular complexity index is 530. The van der Waals surface area contributed by atoms with E-state index >= 15 is 0 Å². The summed E-state index contributed by atoms with van der Waals surface area (Å²) >= 11 is 0. The van der Waals surface area contributed by atoms with E-state index in [1.54, 1.807) is 12.1 Å². The summed E-state index contributed by atoms with van der Waals surface area (Å²) < 4.78 is 26.6. The molecule has 0 spiro atoms. The zero-order valence-electron chi connectivity index (χ0n) is 13.1. The number of anilines is 1. The molecule has 21 heavy (non-hydrogen) atoms. The number of rotatable bonds is 9. The van der Waals surface area contributed by atoms with E-state index in [9.17, 15) is 8.42 Å². The normalized spacial score (nSPS) is 12.2. The van der Waals surface area contributed by atoms with Crippen LogP contribution in [0.4, 0.5) is 5.69 Å². The first-order valence-corrected chi connectivity index (χ1v) is 8.84. The lowest BCUT2D eigenvalue weighted by atomic mass is 10.3. The Balaban J connectivity index is 2.77. The van der Waals surface area contributed by atoms with Gasteiger partial charge >= 0.3 is 0 Å². The molecule has 1 heterocycles. The zero-order chi connectivity index (χ0) is 15.9. The minimum atomic E-state index is -3.61. The van der Waals surface area contributed by atoms with Gasteiger partial charge in [-0.05, 0) is 38.2 Å². The second-order valence-electron chi connectivity index (χ2n) is 4.77. The van der Waals surface area contributed by atoms with Gasteiger partial charge in [-0.15, -0.1) is 0 Å². The second-order valence-corrected chi connectivity index (χ2v) is 6.63. The molecule has 0 aliphatic heterocycles. The molecule has 0 fully saturated rings. The van der Waals surface area contributed by atoms with E-state index in [2.05, 4.69) is 23.7 Å². The Hall–Kier alpha value is -1.18. The highest BCUT2D eigenvalue weighted by atomic mass is 32.2. The average Bonchev–Trinajstić information content (AvgIpc) is 2.47. The molecule has 1 rings (SSSR count). The maximum atomic E-state index is 12.6. The first kappa shape index (κ1) is 17.9. The third kappa shape index (κ3) is 4.66. The number of nitrogen functional groups attached to an aromatic ring is 1. The van der Waals surface area contributed by atoms with Gasteiger partial charge in [-0.1, -0.05) is 20.8 Å². The molecule has 0 bridgehead atoms. The van der Waals surface area contributed by atoms with Gasteiger partial charge in [0.2, 0.25) is 0 Å². The maximum absolute atomic E-state index is 12.6. The van der Waals surface area contributed by atoms with Crippen molar-refractivity contribution in [3.05, 3.63) is 18.3 Å². The van der Waals surface area contributed by atoms with Gasteiger partial charge in [0.25, 0.3) is 10.0 Å². The molecule has 0 aliphatic rings. The van der Waals surface area contributed by atoms with Crippen LogP contribution in [0.5, 0.6) is 0 Å². The fourth-order valence-corrected chi connectivity index (χ4v) is 3.71. The summed E-state index contributed by atoms with van der Waals surface area (Å²) in [5.74, 6) is 0. The quantitative estimate of drug-likeness (QED) is 0.745. The van der Waals surface area contributed by atoms with Gasteiger partial charge in [0.05, 0.1) is 5.69 Å². The number of pyridine rings is 1. The van der Waals surface area contributed by atoms with Crippen molar-refractivity contribution < 1.29 is 8.42 Å². The number of hydrogen-bond acceptors (Lipinski definition) is 5. The smallest absolute Gasteiger partial charge is 0.262 e. The van der Waals surface area contributed by atoms with Gasteiger partial charge < -0.3 is 10.6 Å². The molecule has 0 aliphatic carbocycles. The van der Waals surface area contributed by atoms with E-state index < -0.39 is 10.0 Å². The number of sulfonamides is 1. The fraction of sp³-hybridized carbons (Fsp3) is 0.643. The fourth-order valence-electron chi connectivity index (χ4n) is 2.20. The summed E-state index contributed by atoms with van der Waals surface area (Å²) in [6.07, 6.45) is 2.24. The molecule has 0 radical (unpaired) electrons. The third-order valence-corrected chi connectivity index (χ3v) is 5.46. The van der Waals surface area contributed by atoms with Gasteiger partial charge in [0.15, 0.2) is 5.03 Å². The van der Waals surface area contributed by atoms with Crippen LogP contribution in [0.1, 0.15) is 27.2 Å². The number of nitrogens with two attached hydrogens (primary N) is 1. The van der Waals surface area contributed by atoms with E-state index in [0.29, 0.717) is 13.1 Å². The molecule has 7 heteroatoms.